The van der Waals surface area contributed by atoms with Crippen molar-refractivity contribution in [3.05, 3.63) is 76.8 Å². The number of piperidine rings is 1. The SMILES string of the molecule is Cc1ncc2c(c1CNC(=O)CN1CCCCC1)CCN(C(=O)c1ccc(Oc3ccccc3)o1)C2. The Labute approximate surface area is 211 Å². The predicted octanol–water partition coefficient (Wildman–Crippen LogP) is 4.08. The lowest BCUT2D eigenvalue weighted by atomic mass is 9.94. The first kappa shape index (κ1) is 24.1. The molecular formula is C28H32N4O4. The van der Waals surface area contributed by atoms with Gasteiger partial charge in [0.25, 0.3) is 11.9 Å². The number of rotatable bonds is 7. The molecule has 5 rings (SSSR count). The third-order valence-electron chi connectivity index (χ3n) is 6.91. The van der Waals surface area contributed by atoms with E-state index in [0.717, 1.165) is 42.8 Å². The lowest BCUT2D eigenvalue weighted by molar-refractivity contribution is -0.122. The van der Waals surface area contributed by atoms with Crippen LogP contribution in [0.3, 0.4) is 0 Å². The van der Waals surface area contributed by atoms with Crippen LogP contribution in [0.4, 0.5) is 0 Å². The van der Waals surface area contributed by atoms with Crippen LogP contribution in [0.2, 0.25) is 0 Å². The summed E-state index contributed by atoms with van der Waals surface area (Å²) in [5.41, 5.74) is 4.16. The van der Waals surface area contributed by atoms with Crippen LogP contribution in [0.25, 0.3) is 0 Å². The van der Waals surface area contributed by atoms with E-state index in [0.29, 0.717) is 38.3 Å². The number of hydrogen-bond donors (Lipinski definition) is 1. The van der Waals surface area contributed by atoms with E-state index in [1.54, 1.807) is 17.0 Å². The van der Waals surface area contributed by atoms with Crippen molar-refractivity contribution in [3.63, 3.8) is 0 Å². The number of nitrogens with one attached hydrogen (secondary N) is 1. The topological polar surface area (TPSA) is 87.9 Å². The average molecular weight is 489 g/mol. The summed E-state index contributed by atoms with van der Waals surface area (Å²) in [6.07, 6.45) is 6.13. The molecule has 1 fully saturated rings. The van der Waals surface area contributed by atoms with Gasteiger partial charge >= 0.3 is 0 Å². The predicted molar refractivity (Wildman–Crippen MR) is 135 cm³/mol. The van der Waals surface area contributed by atoms with Crippen molar-refractivity contribution in [2.75, 3.05) is 26.2 Å². The minimum Gasteiger partial charge on any atom is -0.426 e. The highest BCUT2D eigenvalue weighted by molar-refractivity contribution is 5.91. The Morgan fingerprint density at radius 2 is 1.86 bits per heavy atom. The molecule has 1 N–H and O–H groups in total. The van der Waals surface area contributed by atoms with Crippen LogP contribution in [-0.2, 0) is 24.3 Å². The fourth-order valence-electron chi connectivity index (χ4n) is 4.94. The van der Waals surface area contributed by atoms with Gasteiger partial charge in [0.05, 0.1) is 6.54 Å². The molecule has 8 nitrogen and oxygen atoms in total. The van der Waals surface area contributed by atoms with Gasteiger partial charge in [0, 0.05) is 37.6 Å². The lowest BCUT2D eigenvalue weighted by Crippen LogP contribution is -2.40. The molecule has 1 aromatic carbocycles. The van der Waals surface area contributed by atoms with E-state index >= 15 is 0 Å². The zero-order valence-corrected chi connectivity index (χ0v) is 20.7. The first-order chi connectivity index (χ1) is 17.6. The summed E-state index contributed by atoms with van der Waals surface area (Å²) in [7, 11) is 0. The number of para-hydroxylation sites is 1. The second-order valence-corrected chi connectivity index (χ2v) is 9.45. The van der Waals surface area contributed by atoms with E-state index in [2.05, 4.69) is 15.2 Å². The van der Waals surface area contributed by atoms with Gasteiger partial charge in [-0.3, -0.25) is 19.5 Å². The van der Waals surface area contributed by atoms with Gasteiger partial charge in [-0.05, 0) is 74.2 Å². The molecule has 2 amide bonds. The molecule has 8 heteroatoms. The highest BCUT2D eigenvalue weighted by atomic mass is 16.6. The van der Waals surface area contributed by atoms with Crippen molar-refractivity contribution in [2.24, 2.45) is 0 Å². The van der Waals surface area contributed by atoms with Crippen LogP contribution in [0, 0.1) is 6.92 Å². The van der Waals surface area contributed by atoms with E-state index in [4.69, 9.17) is 9.15 Å². The molecule has 0 bridgehead atoms. The van der Waals surface area contributed by atoms with Crippen molar-refractivity contribution in [1.82, 2.24) is 20.1 Å². The largest absolute Gasteiger partial charge is 0.426 e. The van der Waals surface area contributed by atoms with Crippen LogP contribution < -0.4 is 10.1 Å². The van der Waals surface area contributed by atoms with Crippen LogP contribution in [-0.4, -0.2) is 52.8 Å². The van der Waals surface area contributed by atoms with Crippen molar-refractivity contribution < 1.29 is 18.7 Å². The summed E-state index contributed by atoms with van der Waals surface area (Å²) in [5.74, 6) is 1.04. The van der Waals surface area contributed by atoms with Crippen molar-refractivity contribution in [1.29, 1.82) is 0 Å². The number of likely N-dealkylation sites (tertiary alicyclic amines) is 1. The van der Waals surface area contributed by atoms with Crippen LogP contribution >= 0.6 is 0 Å². The van der Waals surface area contributed by atoms with E-state index in [1.165, 1.54) is 12.0 Å². The molecule has 2 aliphatic heterocycles. The maximum Gasteiger partial charge on any atom is 0.290 e. The number of ether oxygens (including phenoxy) is 1. The van der Waals surface area contributed by atoms with E-state index < -0.39 is 0 Å². The maximum absolute atomic E-state index is 13.1. The number of furan rings is 1. The normalized spacial score (nSPS) is 15.9. The smallest absolute Gasteiger partial charge is 0.290 e. The number of benzene rings is 1. The van der Waals surface area contributed by atoms with Gasteiger partial charge in [-0.25, -0.2) is 0 Å². The van der Waals surface area contributed by atoms with Gasteiger partial charge in [-0.1, -0.05) is 24.6 Å². The minimum atomic E-state index is -0.180. The van der Waals surface area contributed by atoms with Gasteiger partial charge in [0.2, 0.25) is 5.91 Å². The average Bonchev–Trinajstić information content (AvgIpc) is 3.37. The molecule has 36 heavy (non-hydrogen) atoms. The number of pyridine rings is 1. The fraction of sp³-hybridized carbons (Fsp3) is 0.393. The zero-order valence-electron chi connectivity index (χ0n) is 20.7. The number of aromatic nitrogens is 1. The number of amides is 2. The molecule has 0 saturated carbocycles. The molecule has 4 heterocycles. The summed E-state index contributed by atoms with van der Waals surface area (Å²) in [4.78, 5) is 34.2. The Kier molecular flexibility index (Phi) is 7.32. The molecule has 0 spiro atoms. The Bertz CT molecular complexity index is 1220. The maximum atomic E-state index is 13.1. The first-order valence-corrected chi connectivity index (χ1v) is 12.6. The molecule has 0 unspecified atom stereocenters. The van der Waals surface area contributed by atoms with E-state index in [-0.39, 0.29) is 23.5 Å². The van der Waals surface area contributed by atoms with Crippen LogP contribution in [0.5, 0.6) is 11.7 Å². The molecule has 0 radical (unpaired) electrons. The molecule has 1 saturated heterocycles. The van der Waals surface area contributed by atoms with Crippen LogP contribution in [0.15, 0.2) is 53.1 Å². The second kappa shape index (κ2) is 11.0. The number of nitrogens with zero attached hydrogens (tertiary/aromatic N) is 3. The van der Waals surface area contributed by atoms with Crippen LogP contribution in [0.1, 0.15) is 52.2 Å². The highest BCUT2D eigenvalue weighted by Gasteiger charge is 2.27. The Hall–Kier alpha value is -3.65. The van der Waals surface area contributed by atoms with Gasteiger partial charge in [0.1, 0.15) is 5.75 Å². The number of carbonyl (C=O) groups excluding carboxylic acids is 2. The molecule has 0 aliphatic carbocycles. The zero-order chi connectivity index (χ0) is 24.9. The van der Waals surface area contributed by atoms with E-state index in [9.17, 15) is 9.59 Å². The number of carbonyl (C=O) groups is 2. The third-order valence-corrected chi connectivity index (χ3v) is 6.91. The molecule has 0 atom stereocenters. The van der Waals surface area contributed by atoms with Gasteiger partial charge in [0.15, 0.2) is 5.76 Å². The summed E-state index contributed by atoms with van der Waals surface area (Å²) in [5, 5.41) is 3.09. The molecule has 3 aromatic rings. The van der Waals surface area contributed by atoms with Crippen molar-refractivity contribution >= 4 is 11.8 Å². The highest BCUT2D eigenvalue weighted by Crippen LogP contribution is 2.28. The van der Waals surface area contributed by atoms with Crippen molar-refractivity contribution in [2.45, 2.75) is 45.7 Å². The van der Waals surface area contributed by atoms with E-state index in [1.807, 2.05) is 43.5 Å². The summed E-state index contributed by atoms with van der Waals surface area (Å²) in [6, 6.07) is 12.6. The lowest BCUT2D eigenvalue weighted by Gasteiger charge is -2.30. The molecule has 2 aromatic heterocycles. The van der Waals surface area contributed by atoms with Gasteiger partial charge in [-0.2, -0.15) is 0 Å². The molecule has 188 valence electrons. The summed E-state index contributed by atoms with van der Waals surface area (Å²) in [6.45, 7) is 5.89. The second-order valence-electron chi connectivity index (χ2n) is 9.45. The standard InChI is InChI=1S/C28H32N4O4/c1-20-24(17-30-26(33)19-31-13-6-3-7-14-31)23-12-15-32(18-21(23)16-29-20)28(34)25-10-11-27(36-25)35-22-8-4-2-5-9-22/h2,4-5,8-11,16H,3,6-7,12-15,17-19H2,1H3,(H,30,33). The quantitative estimate of drug-likeness (QED) is 0.539. The number of hydrogen-bond acceptors (Lipinski definition) is 6. The van der Waals surface area contributed by atoms with Gasteiger partial charge in [-0.15, -0.1) is 0 Å². The number of fused-ring (bicyclic) bond motifs is 1. The first-order valence-electron chi connectivity index (χ1n) is 12.6. The Balaban J connectivity index is 1.21. The number of aryl methyl sites for hydroxylation is 1. The fourth-order valence-corrected chi connectivity index (χ4v) is 4.94. The third kappa shape index (κ3) is 5.60. The van der Waals surface area contributed by atoms with Gasteiger partial charge < -0.3 is 19.4 Å². The Morgan fingerprint density at radius 3 is 2.67 bits per heavy atom. The molecular weight excluding hydrogens is 456 g/mol. The summed E-state index contributed by atoms with van der Waals surface area (Å²) < 4.78 is 11.4. The summed E-state index contributed by atoms with van der Waals surface area (Å²) >= 11 is 0. The molecule has 2 aliphatic rings. The minimum absolute atomic E-state index is 0.0489. The monoisotopic (exact) mass is 488 g/mol. The van der Waals surface area contributed by atoms with Crippen molar-refractivity contribution in [3.8, 4) is 11.7 Å². The Morgan fingerprint density at radius 1 is 1.06 bits per heavy atom.